The molecular formula is C15H21NO4. The van der Waals surface area contributed by atoms with E-state index in [4.69, 9.17) is 4.74 Å². The fraction of sp³-hybridized carbons (Fsp3) is 0.467. The van der Waals surface area contributed by atoms with E-state index < -0.39 is 5.97 Å². The molecule has 0 aromatic heterocycles. The Bertz CT molecular complexity index is 485. The van der Waals surface area contributed by atoms with E-state index in [0.717, 1.165) is 12.8 Å². The Kier molecular flexibility index (Phi) is 6.03. The summed E-state index contributed by atoms with van der Waals surface area (Å²) in [5, 5.41) is 12.5. The number of hydrogen-bond donors (Lipinski definition) is 2. The van der Waals surface area contributed by atoms with Gasteiger partial charge >= 0.3 is 5.97 Å². The van der Waals surface area contributed by atoms with Crippen molar-refractivity contribution < 1.29 is 19.4 Å². The van der Waals surface area contributed by atoms with Gasteiger partial charge in [-0.1, -0.05) is 25.5 Å². The number of aromatic hydroxyl groups is 1. The standard InChI is InChI=1S/C15H21NO4/c1-4-6-11(3)16-13(17)9-20-15(19)12-8-5-7-10(2)14(12)18/h5,7-8,11,18H,4,6,9H2,1-3H3,(H,16,17)/t11-/m1/s1. The number of rotatable bonds is 6. The summed E-state index contributed by atoms with van der Waals surface area (Å²) in [7, 11) is 0. The molecule has 1 amide bonds. The number of esters is 1. The Hall–Kier alpha value is -2.04. The summed E-state index contributed by atoms with van der Waals surface area (Å²) in [4.78, 5) is 23.3. The number of carbonyl (C=O) groups is 2. The van der Waals surface area contributed by atoms with Crippen LogP contribution < -0.4 is 5.32 Å². The summed E-state index contributed by atoms with van der Waals surface area (Å²) in [6, 6.07) is 4.85. The van der Waals surface area contributed by atoms with Crippen LogP contribution in [0.3, 0.4) is 0 Å². The van der Waals surface area contributed by atoms with Gasteiger partial charge < -0.3 is 15.2 Å². The van der Waals surface area contributed by atoms with Crippen molar-refractivity contribution in [2.24, 2.45) is 0 Å². The molecule has 0 spiro atoms. The predicted molar refractivity (Wildman–Crippen MR) is 75.6 cm³/mol. The maximum absolute atomic E-state index is 11.8. The molecule has 1 aromatic rings. The molecular weight excluding hydrogens is 258 g/mol. The van der Waals surface area contributed by atoms with E-state index in [2.05, 4.69) is 5.32 Å². The van der Waals surface area contributed by atoms with Gasteiger partial charge in [-0.3, -0.25) is 4.79 Å². The molecule has 0 aliphatic heterocycles. The fourth-order valence-electron chi connectivity index (χ4n) is 1.85. The van der Waals surface area contributed by atoms with Crippen molar-refractivity contribution in [2.45, 2.75) is 39.7 Å². The van der Waals surface area contributed by atoms with Gasteiger partial charge in [-0.15, -0.1) is 0 Å². The third-order valence-electron chi connectivity index (χ3n) is 2.92. The number of phenols is 1. The summed E-state index contributed by atoms with van der Waals surface area (Å²) in [6.07, 6.45) is 1.84. The van der Waals surface area contributed by atoms with Crippen LogP contribution in [0.2, 0.25) is 0 Å². The largest absolute Gasteiger partial charge is 0.507 e. The normalized spacial score (nSPS) is 11.8. The SMILES string of the molecule is CCC[C@@H](C)NC(=O)COC(=O)c1cccc(C)c1O. The molecule has 0 aliphatic carbocycles. The molecule has 0 heterocycles. The van der Waals surface area contributed by atoms with Crippen LogP contribution in [-0.4, -0.2) is 29.6 Å². The van der Waals surface area contributed by atoms with Crippen molar-refractivity contribution in [1.29, 1.82) is 0 Å². The van der Waals surface area contributed by atoms with Crippen LogP contribution in [0, 0.1) is 6.92 Å². The van der Waals surface area contributed by atoms with Crippen LogP contribution in [0.4, 0.5) is 0 Å². The van der Waals surface area contributed by atoms with Crippen molar-refractivity contribution >= 4 is 11.9 Å². The zero-order chi connectivity index (χ0) is 15.1. The zero-order valence-corrected chi connectivity index (χ0v) is 12.1. The summed E-state index contributed by atoms with van der Waals surface area (Å²) >= 11 is 0. The topological polar surface area (TPSA) is 75.6 Å². The highest BCUT2D eigenvalue weighted by Crippen LogP contribution is 2.21. The number of nitrogens with one attached hydrogen (secondary N) is 1. The van der Waals surface area contributed by atoms with Gasteiger partial charge in [0.05, 0.1) is 0 Å². The third-order valence-corrected chi connectivity index (χ3v) is 2.92. The number of ether oxygens (including phenoxy) is 1. The van der Waals surface area contributed by atoms with E-state index in [0.29, 0.717) is 5.56 Å². The molecule has 5 heteroatoms. The van der Waals surface area contributed by atoms with Crippen LogP contribution in [0.5, 0.6) is 5.75 Å². The molecule has 0 radical (unpaired) electrons. The number of amides is 1. The number of carbonyl (C=O) groups excluding carboxylic acids is 2. The quantitative estimate of drug-likeness (QED) is 0.782. The number of phenolic OH excluding ortho intramolecular Hbond substituents is 1. The van der Waals surface area contributed by atoms with Gasteiger partial charge in [0.2, 0.25) is 0 Å². The molecule has 2 N–H and O–H groups in total. The predicted octanol–water partition coefficient (Wildman–Crippen LogP) is 2.16. The fourth-order valence-corrected chi connectivity index (χ4v) is 1.85. The molecule has 1 atom stereocenters. The van der Waals surface area contributed by atoms with E-state index in [1.54, 1.807) is 19.1 Å². The first kappa shape index (κ1) is 16.0. The minimum Gasteiger partial charge on any atom is -0.507 e. The third kappa shape index (κ3) is 4.57. The first-order chi connectivity index (χ1) is 9.45. The molecule has 110 valence electrons. The number of benzene rings is 1. The van der Waals surface area contributed by atoms with E-state index in [-0.39, 0.29) is 29.9 Å². The highest BCUT2D eigenvalue weighted by molar-refractivity contribution is 5.94. The highest BCUT2D eigenvalue weighted by atomic mass is 16.5. The van der Waals surface area contributed by atoms with Crippen molar-refractivity contribution in [2.75, 3.05) is 6.61 Å². The molecule has 1 aromatic carbocycles. The molecule has 0 fully saturated rings. The van der Waals surface area contributed by atoms with Crippen molar-refractivity contribution in [1.82, 2.24) is 5.32 Å². The summed E-state index contributed by atoms with van der Waals surface area (Å²) < 4.78 is 4.89. The number of hydrogen-bond acceptors (Lipinski definition) is 4. The summed E-state index contributed by atoms with van der Waals surface area (Å²) in [5.41, 5.74) is 0.653. The second-order valence-electron chi connectivity index (χ2n) is 4.80. The zero-order valence-electron chi connectivity index (χ0n) is 12.1. The lowest BCUT2D eigenvalue weighted by atomic mass is 10.1. The van der Waals surface area contributed by atoms with E-state index in [1.807, 2.05) is 13.8 Å². The lowest BCUT2D eigenvalue weighted by Gasteiger charge is -2.13. The Morgan fingerprint density at radius 2 is 2.10 bits per heavy atom. The second kappa shape index (κ2) is 7.53. The first-order valence-electron chi connectivity index (χ1n) is 6.70. The Morgan fingerprint density at radius 1 is 1.40 bits per heavy atom. The molecule has 1 rings (SSSR count). The molecule has 0 aliphatic rings. The van der Waals surface area contributed by atoms with Crippen LogP contribution >= 0.6 is 0 Å². The van der Waals surface area contributed by atoms with Crippen molar-refractivity contribution in [3.05, 3.63) is 29.3 Å². The minimum absolute atomic E-state index is 0.0542. The van der Waals surface area contributed by atoms with E-state index >= 15 is 0 Å². The molecule has 5 nitrogen and oxygen atoms in total. The Labute approximate surface area is 118 Å². The summed E-state index contributed by atoms with van der Waals surface area (Å²) in [5.74, 6) is -1.16. The van der Waals surface area contributed by atoms with E-state index in [9.17, 15) is 14.7 Å². The van der Waals surface area contributed by atoms with Gasteiger partial charge in [0.1, 0.15) is 11.3 Å². The van der Waals surface area contributed by atoms with Crippen molar-refractivity contribution in [3.63, 3.8) is 0 Å². The second-order valence-corrected chi connectivity index (χ2v) is 4.80. The number of para-hydroxylation sites is 1. The van der Waals surface area contributed by atoms with Crippen molar-refractivity contribution in [3.8, 4) is 5.75 Å². The minimum atomic E-state index is -0.704. The lowest BCUT2D eigenvalue weighted by Crippen LogP contribution is -2.35. The van der Waals surface area contributed by atoms with Gasteiger partial charge in [-0.05, 0) is 31.9 Å². The van der Waals surface area contributed by atoms with Gasteiger partial charge in [-0.25, -0.2) is 4.79 Å². The Morgan fingerprint density at radius 3 is 2.75 bits per heavy atom. The van der Waals surface area contributed by atoms with Gasteiger partial charge in [0.25, 0.3) is 5.91 Å². The molecule has 0 unspecified atom stereocenters. The van der Waals surface area contributed by atoms with Gasteiger partial charge in [-0.2, -0.15) is 0 Å². The van der Waals surface area contributed by atoms with E-state index in [1.165, 1.54) is 6.07 Å². The van der Waals surface area contributed by atoms with Crippen LogP contribution in [0.15, 0.2) is 18.2 Å². The molecule has 20 heavy (non-hydrogen) atoms. The molecule has 0 saturated carbocycles. The summed E-state index contributed by atoms with van der Waals surface area (Å²) in [6.45, 7) is 5.27. The monoisotopic (exact) mass is 279 g/mol. The van der Waals surface area contributed by atoms with Gasteiger partial charge in [0, 0.05) is 6.04 Å². The van der Waals surface area contributed by atoms with Crippen LogP contribution in [-0.2, 0) is 9.53 Å². The maximum Gasteiger partial charge on any atom is 0.342 e. The highest BCUT2D eigenvalue weighted by Gasteiger charge is 2.16. The maximum atomic E-state index is 11.8. The van der Waals surface area contributed by atoms with Crippen LogP contribution in [0.1, 0.15) is 42.6 Å². The molecule has 0 bridgehead atoms. The smallest absolute Gasteiger partial charge is 0.342 e. The average Bonchev–Trinajstić information content (AvgIpc) is 2.39. The first-order valence-corrected chi connectivity index (χ1v) is 6.70. The number of aryl methyl sites for hydroxylation is 1. The Balaban J connectivity index is 2.51. The van der Waals surface area contributed by atoms with Crippen LogP contribution in [0.25, 0.3) is 0 Å². The lowest BCUT2D eigenvalue weighted by molar-refractivity contribution is -0.124. The molecule has 0 saturated heterocycles. The van der Waals surface area contributed by atoms with Gasteiger partial charge in [0.15, 0.2) is 6.61 Å². The average molecular weight is 279 g/mol.